The molecule has 3 rings (SSSR count). The van der Waals surface area contributed by atoms with Crippen molar-refractivity contribution in [2.45, 2.75) is 39.7 Å². The standard InChI is InChI=1S/C21H36N6O3/c1-5-22-20(24-15-18-23-14-17(30-18)21(2,3)4)27-8-6-25(7-9-27)16-19(28)26-10-12-29-13-11-26/h14H,5-13,15-16H2,1-4H3,(H,22,24). The third-order valence-electron chi connectivity index (χ3n) is 5.39. The summed E-state index contributed by atoms with van der Waals surface area (Å²) in [5, 5.41) is 3.37. The number of morpholine rings is 1. The second kappa shape index (κ2) is 10.3. The number of aliphatic imine (C=N–C) groups is 1. The second-order valence-electron chi connectivity index (χ2n) is 8.79. The molecular formula is C21H36N6O3. The van der Waals surface area contributed by atoms with Crippen LogP contribution in [0.15, 0.2) is 15.6 Å². The van der Waals surface area contributed by atoms with Crippen LogP contribution in [0.4, 0.5) is 0 Å². The minimum atomic E-state index is -0.0611. The molecule has 1 N–H and O–H groups in total. The van der Waals surface area contributed by atoms with E-state index in [1.54, 1.807) is 6.20 Å². The minimum absolute atomic E-state index is 0.0611. The highest BCUT2D eigenvalue weighted by Crippen LogP contribution is 2.22. The lowest BCUT2D eigenvalue weighted by atomic mass is 9.94. The molecule has 2 fully saturated rings. The zero-order valence-electron chi connectivity index (χ0n) is 18.8. The highest BCUT2D eigenvalue weighted by atomic mass is 16.5. The molecule has 0 aromatic carbocycles. The van der Waals surface area contributed by atoms with E-state index in [0.29, 0.717) is 45.3 Å². The van der Waals surface area contributed by atoms with E-state index in [1.165, 1.54) is 0 Å². The van der Waals surface area contributed by atoms with Gasteiger partial charge in [0.2, 0.25) is 11.8 Å². The van der Waals surface area contributed by atoms with E-state index >= 15 is 0 Å². The van der Waals surface area contributed by atoms with Gasteiger partial charge in [0.1, 0.15) is 12.3 Å². The van der Waals surface area contributed by atoms with Gasteiger partial charge in [-0.3, -0.25) is 9.69 Å². The number of amides is 1. The first-order chi connectivity index (χ1) is 14.4. The first-order valence-corrected chi connectivity index (χ1v) is 10.9. The van der Waals surface area contributed by atoms with E-state index in [1.807, 2.05) is 4.90 Å². The highest BCUT2D eigenvalue weighted by molar-refractivity contribution is 5.80. The third-order valence-corrected chi connectivity index (χ3v) is 5.39. The van der Waals surface area contributed by atoms with Crippen molar-refractivity contribution in [3.05, 3.63) is 17.8 Å². The summed E-state index contributed by atoms with van der Waals surface area (Å²) < 4.78 is 11.2. The van der Waals surface area contributed by atoms with Crippen molar-refractivity contribution < 1.29 is 13.9 Å². The van der Waals surface area contributed by atoms with Gasteiger partial charge in [-0.05, 0) is 6.92 Å². The molecule has 3 heterocycles. The van der Waals surface area contributed by atoms with Gasteiger partial charge >= 0.3 is 0 Å². The molecule has 1 aromatic rings. The third kappa shape index (κ3) is 6.18. The van der Waals surface area contributed by atoms with E-state index in [0.717, 1.165) is 44.4 Å². The Morgan fingerprint density at radius 1 is 1.13 bits per heavy atom. The largest absolute Gasteiger partial charge is 0.443 e. The molecule has 30 heavy (non-hydrogen) atoms. The molecule has 2 aliphatic heterocycles. The number of aromatic nitrogens is 1. The number of rotatable bonds is 5. The van der Waals surface area contributed by atoms with E-state index in [9.17, 15) is 4.79 Å². The highest BCUT2D eigenvalue weighted by Gasteiger charge is 2.24. The first-order valence-electron chi connectivity index (χ1n) is 10.9. The summed E-state index contributed by atoms with van der Waals surface area (Å²) in [4.78, 5) is 28.0. The van der Waals surface area contributed by atoms with Crippen LogP contribution in [0.5, 0.6) is 0 Å². The summed E-state index contributed by atoms with van der Waals surface area (Å²) in [7, 11) is 0. The Morgan fingerprint density at radius 2 is 1.83 bits per heavy atom. The van der Waals surface area contributed by atoms with Crippen LogP contribution in [0.3, 0.4) is 0 Å². The van der Waals surface area contributed by atoms with Crippen LogP contribution in [0.2, 0.25) is 0 Å². The monoisotopic (exact) mass is 420 g/mol. The van der Waals surface area contributed by atoms with Crippen molar-refractivity contribution in [1.29, 1.82) is 0 Å². The number of hydrogen-bond donors (Lipinski definition) is 1. The Morgan fingerprint density at radius 3 is 2.43 bits per heavy atom. The maximum atomic E-state index is 12.5. The number of carbonyl (C=O) groups is 1. The summed E-state index contributed by atoms with van der Waals surface area (Å²) in [5.74, 6) is 2.57. The molecule has 1 amide bonds. The molecule has 0 unspecified atom stereocenters. The Hall–Kier alpha value is -2.13. The van der Waals surface area contributed by atoms with Crippen molar-refractivity contribution in [1.82, 2.24) is 25.0 Å². The van der Waals surface area contributed by atoms with Gasteiger partial charge in [0.15, 0.2) is 5.96 Å². The number of guanidine groups is 1. The van der Waals surface area contributed by atoms with Gasteiger partial charge < -0.3 is 24.3 Å². The van der Waals surface area contributed by atoms with Gasteiger partial charge in [0.25, 0.3) is 0 Å². The van der Waals surface area contributed by atoms with Crippen LogP contribution in [0.25, 0.3) is 0 Å². The van der Waals surface area contributed by atoms with Crippen LogP contribution >= 0.6 is 0 Å². The number of piperazine rings is 1. The van der Waals surface area contributed by atoms with E-state index in [-0.39, 0.29) is 11.3 Å². The summed E-state index contributed by atoms with van der Waals surface area (Å²) in [6.07, 6.45) is 1.79. The van der Waals surface area contributed by atoms with Gasteiger partial charge in [-0.15, -0.1) is 0 Å². The molecule has 9 heteroatoms. The molecule has 0 radical (unpaired) electrons. The van der Waals surface area contributed by atoms with Crippen LogP contribution in [-0.4, -0.2) is 97.1 Å². The fraction of sp³-hybridized carbons (Fsp3) is 0.762. The van der Waals surface area contributed by atoms with Crippen LogP contribution < -0.4 is 5.32 Å². The number of nitrogens with zero attached hydrogens (tertiary/aromatic N) is 5. The predicted molar refractivity (Wildman–Crippen MR) is 115 cm³/mol. The minimum Gasteiger partial charge on any atom is -0.443 e. The SMILES string of the molecule is CCNC(=NCc1ncc(C(C)(C)C)o1)N1CCN(CC(=O)N2CCOCC2)CC1. The number of hydrogen-bond acceptors (Lipinski definition) is 6. The average Bonchev–Trinajstić information content (AvgIpc) is 3.22. The molecule has 0 bridgehead atoms. The Labute approximate surface area is 179 Å². The molecule has 0 atom stereocenters. The van der Waals surface area contributed by atoms with Crippen molar-refractivity contribution in [2.24, 2.45) is 4.99 Å². The Balaban J connectivity index is 1.51. The fourth-order valence-electron chi connectivity index (χ4n) is 3.52. The lowest BCUT2D eigenvalue weighted by Gasteiger charge is -2.37. The second-order valence-corrected chi connectivity index (χ2v) is 8.79. The molecule has 2 aliphatic rings. The summed E-state index contributed by atoms with van der Waals surface area (Å²) >= 11 is 0. The summed E-state index contributed by atoms with van der Waals surface area (Å²) in [5.41, 5.74) is -0.0611. The number of nitrogens with one attached hydrogen (secondary N) is 1. The zero-order chi connectivity index (χ0) is 21.6. The molecular weight excluding hydrogens is 384 g/mol. The molecule has 168 valence electrons. The van der Waals surface area contributed by atoms with Crippen molar-refractivity contribution in [2.75, 3.05) is 65.6 Å². The van der Waals surface area contributed by atoms with E-state index in [2.05, 4.69) is 47.8 Å². The lowest BCUT2D eigenvalue weighted by Crippen LogP contribution is -2.54. The fourth-order valence-corrected chi connectivity index (χ4v) is 3.52. The lowest BCUT2D eigenvalue weighted by molar-refractivity contribution is -0.136. The molecule has 2 saturated heterocycles. The molecule has 0 aliphatic carbocycles. The first kappa shape index (κ1) is 22.6. The number of oxazole rings is 1. The molecule has 0 saturated carbocycles. The molecule has 0 spiro atoms. The number of ether oxygens (including phenoxy) is 1. The maximum absolute atomic E-state index is 12.5. The summed E-state index contributed by atoms with van der Waals surface area (Å²) in [6, 6.07) is 0. The average molecular weight is 421 g/mol. The van der Waals surface area contributed by atoms with Gasteiger partial charge in [-0.2, -0.15) is 0 Å². The maximum Gasteiger partial charge on any atom is 0.236 e. The Kier molecular flexibility index (Phi) is 7.71. The topological polar surface area (TPSA) is 86.4 Å². The zero-order valence-corrected chi connectivity index (χ0v) is 18.8. The predicted octanol–water partition coefficient (Wildman–Crippen LogP) is 0.914. The van der Waals surface area contributed by atoms with Crippen molar-refractivity contribution >= 4 is 11.9 Å². The van der Waals surface area contributed by atoms with Crippen LogP contribution in [0.1, 0.15) is 39.3 Å². The quantitative estimate of drug-likeness (QED) is 0.560. The van der Waals surface area contributed by atoms with E-state index < -0.39 is 0 Å². The van der Waals surface area contributed by atoms with Crippen LogP contribution in [-0.2, 0) is 21.5 Å². The van der Waals surface area contributed by atoms with E-state index in [4.69, 9.17) is 14.1 Å². The van der Waals surface area contributed by atoms with Crippen LogP contribution in [0, 0.1) is 0 Å². The van der Waals surface area contributed by atoms with Crippen molar-refractivity contribution in [3.8, 4) is 0 Å². The summed E-state index contributed by atoms with van der Waals surface area (Å²) in [6.45, 7) is 16.1. The van der Waals surface area contributed by atoms with Gasteiger partial charge in [-0.25, -0.2) is 9.98 Å². The molecule has 1 aromatic heterocycles. The smallest absolute Gasteiger partial charge is 0.236 e. The van der Waals surface area contributed by atoms with Crippen molar-refractivity contribution in [3.63, 3.8) is 0 Å². The normalized spacial score (nSPS) is 19.3. The Bertz CT molecular complexity index is 713. The van der Waals surface area contributed by atoms with Gasteiger partial charge in [0.05, 0.1) is 26.0 Å². The number of carbonyl (C=O) groups excluding carboxylic acids is 1. The van der Waals surface area contributed by atoms with Gasteiger partial charge in [-0.1, -0.05) is 20.8 Å². The molecule has 9 nitrogen and oxygen atoms in total. The van der Waals surface area contributed by atoms with Gasteiger partial charge in [0, 0.05) is 51.2 Å².